The Morgan fingerprint density at radius 2 is 1.95 bits per heavy atom. The van der Waals surface area contributed by atoms with Crippen LogP contribution >= 0.6 is 11.6 Å². The largest absolute Gasteiger partial charge is 0.490 e. The van der Waals surface area contributed by atoms with Crippen molar-refractivity contribution in [3.63, 3.8) is 0 Å². The second-order valence-electron chi connectivity index (χ2n) is 3.98. The maximum Gasteiger partial charge on any atom is 0.303 e. The van der Waals surface area contributed by atoms with Gasteiger partial charge in [-0.15, -0.1) is 11.6 Å². The number of benzene rings is 1. The predicted octanol–water partition coefficient (Wildman–Crippen LogP) is 1.26. The average molecular weight is 286 g/mol. The highest BCUT2D eigenvalue weighted by atomic mass is 35.5. The lowest BCUT2D eigenvalue weighted by atomic mass is 10.1. The van der Waals surface area contributed by atoms with Crippen LogP contribution in [0.3, 0.4) is 0 Å². The standard InChI is InChI=1S/C13H16ClNO4/c1-9(16)19-12(7-14)8-18-11-4-2-10(3-5-11)6-13(15)17/h2-5,12H,6-8H2,1H3,(H2,15,17). The van der Waals surface area contributed by atoms with E-state index >= 15 is 0 Å². The van der Waals surface area contributed by atoms with Crippen LogP contribution in [0.1, 0.15) is 12.5 Å². The number of carbonyl (C=O) groups excluding carboxylic acids is 2. The number of rotatable bonds is 7. The fourth-order valence-corrected chi connectivity index (χ4v) is 1.59. The molecule has 0 saturated carbocycles. The summed E-state index contributed by atoms with van der Waals surface area (Å²) in [6.07, 6.45) is -0.289. The first-order valence-electron chi connectivity index (χ1n) is 5.74. The predicted molar refractivity (Wildman–Crippen MR) is 71.1 cm³/mol. The molecule has 2 N–H and O–H groups in total. The molecule has 6 heteroatoms. The molecule has 0 aliphatic carbocycles. The van der Waals surface area contributed by atoms with E-state index in [4.69, 9.17) is 26.8 Å². The van der Waals surface area contributed by atoms with Crippen LogP contribution in [0.4, 0.5) is 0 Å². The number of halogens is 1. The molecule has 1 aromatic rings. The maximum absolute atomic E-state index is 10.8. The van der Waals surface area contributed by atoms with Crippen LogP contribution in [0.2, 0.25) is 0 Å². The van der Waals surface area contributed by atoms with Crippen LogP contribution in [0.15, 0.2) is 24.3 Å². The van der Waals surface area contributed by atoms with Gasteiger partial charge in [0.25, 0.3) is 0 Å². The van der Waals surface area contributed by atoms with Crippen molar-refractivity contribution in [3.05, 3.63) is 29.8 Å². The molecule has 0 radical (unpaired) electrons. The van der Waals surface area contributed by atoms with E-state index < -0.39 is 12.1 Å². The van der Waals surface area contributed by atoms with E-state index in [1.54, 1.807) is 24.3 Å². The van der Waals surface area contributed by atoms with Crippen molar-refractivity contribution in [2.45, 2.75) is 19.4 Å². The first-order chi connectivity index (χ1) is 9.01. The summed E-state index contributed by atoms with van der Waals surface area (Å²) in [5.41, 5.74) is 5.91. The lowest BCUT2D eigenvalue weighted by Crippen LogP contribution is -2.25. The zero-order chi connectivity index (χ0) is 14.3. The SMILES string of the molecule is CC(=O)OC(CCl)COc1ccc(CC(N)=O)cc1. The highest BCUT2D eigenvalue weighted by molar-refractivity contribution is 6.18. The van der Waals surface area contributed by atoms with Gasteiger partial charge in [0, 0.05) is 6.92 Å². The topological polar surface area (TPSA) is 78.6 Å². The molecule has 0 saturated heterocycles. The summed E-state index contributed by atoms with van der Waals surface area (Å²) in [5, 5.41) is 0. The van der Waals surface area contributed by atoms with Gasteiger partial charge in [0.05, 0.1) is 12.3 Å². The van der Waals surface area contributed by atoms with Gasteiger partial charge in [-0.05, 0) is 17.7 Å². The van der Waals surface area contributed by atoms with Crippen molar-refractivity contribution in [1.29, 1.82) is 0 Å². The van der Waals surface area contributed by atoms with Crippen LogP contribution in [-0.4, -0.2) is 30.5 Å². The summed E-state index contributed by atoms with van der Waals surface area (Å²) >= 11 is 5.65. The molecule has 5 nitrogen and oxygen atoms in total. The number of amides is 1. The number of alkyl halides is 1. The fourth-order valence-electron chi connectivity index (χ4n) is 1.44. The van der Waals surface area contributed by atoms with Crippen LogP contribution in [0, 0.1) is 0 Å². The Morgan fingerprint density at radius 3 is 2.42 bits per heavy atom. The number of hydrogen-bond acceptors (Lipinski definition) is 4. The molecule has 0 fully saturated rings. The van der Waals surface area contributed by atoms with E-state index in [1.807, 2.05) is 0 Å². The van der Waals surface area contributed by atoms with Crippen molar-refractivity contribution in [1.82, 2.24) is 0 Å². The molecular weight excluding hydrogens is 270 g/mol. The second kappa shape index (κ2) is 7.63. The average Bonchev–Trinajstić information content (AvgIpc) is 2.35. The third-order valence-electron chi connectivity index (χ3n) is 2.24. The van der Waals surface area contributed by atoms with Gasteiger partial charge in [0.2, 0.25) is 5.91 Å². The minimum absolute atomic E-state index is 0.166. The molecule has 104 valence electrons. The Morgan fingerprint density at radius 1 is 1.32 bits per heavy atom. The van der Waals surface area contributed by atoms with E-state index in [0.717, 1.165) is 5.56 Å². The summed E-state index contributed by atoms with van der Waals surface area (Å²) in [7, 11) is 0. The second-order valence-corrected chi connectivity index (χ2v) is 4.29. The Bertz CT molecular complexity index is 433. The smallest absolute Gasteiger partial charge is 0.303 e. The Balaban J connectivity index is 2.48. The zero-order valence-corrected chi connectivity index (χ0v) is 11.4. The summed E-state index contributed by atoms with van der Waals surface area (Å²) in [5.74, 6) is -0.00781. The van der Waals surface area contributed by atoms with Gasteiger partial charge in [-0.1, -0.05) is 12.1 Å². The number of primary amides is 1. The van der Waals surface area contributed by atoms with Crippen LogP contribution in [-0.2, 0) is 20.7 Å². The Labute approximate surface area is 116 Å². The number of carbonyl (C=O) groups is 2. The highest BCUT2D eigenvalue weighted by Crippen LogP contribution is 2.13. The van der Waals surface area contributed by atoms with Gasteiger partial charge in [-0.3, -0.25) is 9.59 Å². The van der Waals surface area contributed by atoms with Gasteiger partial charge in [0.1, 0.15) is 18.5 Å². The maximum atomic E-state index is 10.8. The Hall–Kier alpha value is -1.75. The third kappa shape index (κ3) is 6.10. The molecule has 19 heavy (non-hydrogen) atoms. The van der Waals surface area contributed by atoms with Gasteiger partial charge in [0.15, 0.2) is 0 Å². The zero-order valence-electron chi connectivity index (χ0n) is 10.6. The van der Waals surface area contributed by atoms with Crippen molar-refractivity contribution >= 4 is 23.5 Å². The van der Waals surface area contributed by atoms with Gasteiger partial charge in [-0.2, -0.15) is 0 Å². The van der Waals surface area contributed by atoms with E-state index in [1.165, 1.54) is 6.92 Å². The molecule has 1 amide bonds. The number of nitrogens with two attached hydrogens (primary N) is 1. The Kier molecular flexibility index (Phi) is 6.15. The molecule has 0 bridgehead atoms. The van der Waals surface area contributed by atoms with E-state index in [-0.39, 0.29) is 24.8 Å². The molecule has 1 aromatic carbocycles. The molecule has 0 spiro atoms. The minimum Gasteiger partial charge on any atom is -0.490 e. The van der Waals surface area contributed by atoms with Crippen LogP contribution in [0.25, 0.3) is 0 Å². The normalized spacial score (nSPS) is 11.7. The van der Waals surface area contributed by atoms with Crippen molar-refractivity contribution < 1.29 is 19.1 Å². The molecule has 0 heterocycles. The van der Waals surface area contributed by atoms with Gasteiger partial charge < -0.3 is 15.2 Å². The van der Waals surface area contributed by atoms with Crippen molar-refractivity contribution in [2.24, 2.45) is 5.73 Å². The quantitative estimate of drug-likeness (QED) is 0.604. The highest BCUT2D eigenvalue weighted by Gasteiger charge is 2.11. The molecule has 1 atom stereocenters. The van der Waals surface area contributed by atoms with Crippen molar-refractivity contribution in [3.8, 4) is 5.75 Å². The summed E-state index contributed by atoms with van der Waals surface area (Å²) in [4.78, 5) is 21.5. The van der Waals surface area contributed by atoms with Crippen LogP contribution in [0.5, 0.6) is 5.75 Å². The first-order valence-corrected chi connectivity index (χ1v) is 6.28. The molecule has 0 aliphatic rings. The first kappa shape index (κ1) is 15.3. The van der Waals surface area contributed by atoms with Crippen LogP contribution < -0.4 is 10.5 Å². The summed E-state index contributed by atoms with van der Waals surface area (Å²) in [6, 6.07) is 6.94. The lowest BCUT2D eigenvalue weighted by Gasteiger charge is -2.15. The third-order valence-corrected chi connectivity index (χ3v) is 2.59. The summed E-state index contributed by atoms with van der Waals surface area (Å²) < 4.78 is 10.4. The van der Waals surface area contributed by atoms with E-state index in [9.17, 15) is 9.59 Å². The molecule has 1 rings (SSSR count). The fraction of sp³-hybridized carbons (Fsp3) is 0.385. The number of hydrogen-bond donors (Lipinski definition) is 1. The number of ether oxygens (including phenoxy) is 2. The lowest BCUT2D eigenvalue weighted by molar-refractivity contribution is -0.146. The van der Waals surface area contributed by atoms with E-state index in [0.29, 0.717) is 5.75 Å². The van der Waals surface area contributed by atoms with Crippen molar-refractivity contribution in [2.75, 3.05) is 12.5 Å². The molecule has 1 unspecified atom stereocenters. The summed E-state index contributed by atoms with van der Waals surface area (Å²) in [6.45, 7) is 1.50. The van der Waals surface area contributed by atoms with E-state index in [2.05, 4.69) is 0 Å². The minimum atomic E-state index is -0.482. The molecule has 0 aliphatic heterocycles. The molecular formula is C13H16ClNO4. The van der Waals surface area contributed by atoms with Gasteiger partial charge in [-0.25, -0.2) is 0 Å². The monoisotopic (exact) mass is 285 g/mol. The molecule has 0 aromatic heterocycles. The number of esters is 1. The van der Waals surface area contributed by atoms with Gasteiger partial charge >= 0.3 is 5.97 Å².